The standard InChI is InChI=1S/C9H10FN3O/c1-6(12-13-9(11)14)7-4-2-3-5-8(7)10/h2-5H,1H3,(H3,11,13,14)/b12-6-. The Hall–Kier alpha value is -1.91. The lowest BCUT2D eigenvalue weighted by atomic mass is 10.1. The predicted molar refractivity (Wildman–Crippen MR) is 51.3 cm³/mol. The van der Waals surface area contributed by atoms with Gasteiger partial charge in [0.05, 0.1) is 5.71 Å². The number of hydrogen-bond acceptors (Lipinski definition) is 2. The van der Waals surface area contributed by atoms with Crippen LogP contribution in [0.4, 0.5) is 9.18 Å². The number of amides is 2. The fraction of sp³-hybridized carbons (Fsp3) is 0.111. The molecule has 1 rings (SSSR count). The van der Waals surface area contributed by atoms with Gasteiger partial charge in [0, 0.05) is 5.56 Å². The summed E-state index contributed by atoms with van der Waals surface area (Å²) in [4.78, 5) is 10.3. The van der Waals surface area contributed by atoms with Crippen molar-refractivity contribution < 1.29 is 9.18 Å². The molecule has 0 saturated carbocycles. The lowest BCUT2D eigenvalue weighted by molar-refractivity contribution is 0.249. The van der Waals surface area contributed by atoms with Gasteiger partial charge in [-0.25, -0.2) is 14.6 Å². The average Bonchev–Trinajstić information content (AvgIpc) is 2.15. The molecule has 1 aromatic carbocycles. The van der Waals surface area contributed by atoms with Crippen LogP contribution in [0.25, 0.3) is 0 Å². The van der Waals surface area contributed by atoms with Gasteiger partial charge in [0.2, 0.25) is 0 Å². The van der Waals surface area contributed by atoms with Crippen molar-refractivity contribution in [2.75, 3.05) is 0 Å². The number of nitrogens with one attached hydrogen (secondary N) is 1. The van der Waals surface area contributed by atoms with Crippen molar-refractivity contribution >= 4 is 11.7 Å². The lowest BCUT2D eigenvalue weighted by Crippen LogP contribution is -2.25. The molecule has 0 saturated heterocycles. The summed E-state index contributed by atoms with van der Waals surface area (Å²) < 4.78 is 13.1. The minimum Gasteiger partial charge on any atom is -0.350 e. The number of halogens is 1. The number of hydrogen-bond donors (Lipinski definition) is 2. The molecule has 4 nitrogen and oxygen atoms in total. The fourth-order valence-electron chi connectivity index (χ4n) is 0.954. The number of benzene rings is 1. The molecule has 0 fully saturated rings. The molecule has 0 aliphatic rings. The zero-order valence-corrected chi connectivity index (χ0v) is 7.62. The first kappa shape index (κ1) is 10.2. The van der Waals surface area contributed by atoms with E-state index in [1.807, 2.05) is 5.43 Å². The molecule has 0 radical (unpaired) electrons. The maximum absolute atomic E-state index is 13.1. The second-order valence-corrected chi connectivity index (χ2v) is 2.65. The van der Waals surface area contributed by atoms with E-state index in [9.17, 15) is 9.18 Å². The molecular formula is C9H10FN3O. The van der Waals surface area contributed by atoms with E-state index in [0.29, 0.717) is 11.3 Å². The lowest BCUT2D eigenvalue weighted by Gasteiger charge is -2.01. The Bertz CT molecular complexity index is 376. The van der Waals surface area contributed by atoms with Crippen molar-refractivity contribution in [1.29, 1.82) is 0 Å². The number of urea groups is 1. The summed E-state index contributed by atoms with van der Waals surface area (Å²) in [6.07, 6.45) is 0. The summed E-state index contributed by atoms with van der Waals surface area (Å²) in [7, 11) is 0. The summed E-state index contributed by atoms with van der Waals surface area (Å²) in [5, 5.41) is 3.61. The van der Waals surface area contributed by atoms with Crippen LogP contribution in [0.3, 0.4) is 0 Å². The minimum absolute atomic E-state index is 0.334. The van der Waals surface area contributed by atoms with Crippen molar-refractivity contribution in [2.24, 2.45) is 10.8 Å². The highest BCUT2D eigenvalue weighted by Gasteiger charge is 2.03. The van der Waals surface area contributed by atoms with Crippen LogP contribution >= 0.6 is 0 Å². The van der Waals surface area contributed by atoms with E-state index in [1.54, 1.807) is 25.1 Å². The molecule has 0 aromatic heterocycles. The van der Waals surface area contributed by atoms with E-state index in [-0.39, 0.29) is 5.82 Å². The Balaban J connectivity index is 2.89. The Morgan fingerprint density at radius 2 is 2.14 bits per heavy atom. The van der Waals surface area contributed by atoms with Crippen molar-refractivity contribution in [2.45, 2.75) is 6.92 Å². The van der Waals surface area contributed by atoms with Gasteiger partial charge in [-0.3, -0.25) is 0 Å². The summed E-state index contributed by atoms with van der Waals surface area (Å²) in [6.45, 7) is 1.58. The summed E-state index contributed by atoms with van der Waals surface area (Å²) in [6, 6.07) is 5.37. The first-order valence-corrected chi connectivity index (χ1v) is 3.96. The second-order valence-electron chi connectivity index (χ2n) is 2.65. The highest BCUT2D eigenvalue weighted by Crippen LogP contribution is 2.06. The number of primary amides is 1. The number of hydrazone groups is 1. The third kappa shape index (κ3) is 2.55. The highest BCUT2D eigenvalue weighted by atomic mass is 19.1. The molecule has 5 heteroatoms. The topological polar surface area (TPSA) is 67.5 Å². The van der Waals surface area contributed by atoms with Crippen LogP contribution in [0, 0.1) is 5.82 Å². The Morgan fingerprint density at radius 1 is 1.50 bits per heavy atom. The highest BCUT2D eigenvalue weighted by molar-refractivity contribution is 5.99. The van der Waals surface area contributed by atoms with Crippen molar-refractivity contribution in [3.63, 3.8) is 0 Å². The quantitative estimate of drug-likeness (QED) is 0.540. The SMILES string of the molecule is C/C(=N/NC(N)=O)c1ccccc1F. The van der Waals surface area contributed by atoms with Crippen LogP contribution in [0.15, 0.2) is 29.4 Å². The maximum Gasteiger partial charge on any atom is 0.332 e. The van der Waals surface area contributed by atoms with Gasteiger partial charge in [-0.05, 0) is 13.0 Å². The number of carbonyl (C=O) groups excluding carboxylic acids is 1. The van der Waals surface area contributed by atoms with Gasteiger partial charge < -0.3 is 5.73 Å². The molecule has 2 amide bonds. The normalized spacial score (nSPS) is 11.1. The fourth-order valence-corrected chi connectivity index (χ4v) is 0.954. The molecule has 0 bridgehead atoms. The predicted octanol–water partition coefficient (Wildman–Crippen LogP) is 1.22. The monoisotopic (exact) mass is 195 g/mol. The molecule has 0 unspecified atom stereocenters. The molecule has 0 aliphatic heterocycles. The van der Waals surface area contributed by atoms with Crippen molar-refractivity contribution in [3.05, 3.63) is 35.6 Å². The molecule has 0 spiro atoms. The van der Waals surface area contributed by atoms with Gasteiger partial charge in [-0.1, -0.05) is 18.2 Å². The molecule has 14 heavy (non-hydrogen) atoms. The summed E-state index contributed by atoms with van der Waals surface area (Å²) >= 11 is 0. The molecular weight excluding hydrogens is 185 g/mol. The van der Waals surface area contributed by atoms with E-state index in [4.69, 9.17) is 5.73 Å². The zero-order valence-electron chi connectivity index (χ0n) is 7.62. The van der Waals surface area contributed by atoms with Gasteiger partial charge in [-0.2, -0.15) is 5.10 Å². The third-order valence-electron chi connectivity index (χ3n) is 1.60. The maximum atomic E-state index is 13.1. The van der Waals surface area contributed by atoms with E-state index >= 15 is 0 Å². The summed E-state index contributed by atoms with van der Waals surface area (Å²) in [5.41, 5.74) is 7.53. The van der Waals surface area contributed by atoms with Crippen LogP contribution in [0.2, 0.25) is 0 Å². The smallest absolute Gasteiger partial charge is 0.332 e. The van der Waals surface area contributed by atoms with Gasteiger partial charge in [-0.15, -0.1) is 0 Å². The Labute approximate surface area is 80.6 Å². The minimum atomic E-state index is -0.777. The third-order valence-corrected chi connectivity index (χ3v) is 1.60. The summed E-state index contributed by atoms with van der Waals surface area (Å²) in [5.74, 6) is -0.389. The van der Waals surface area contributed by atoms with Gasteiger partial charge >= 0.3 is 6.03 Å². The first-order valence-electron chi connectivity index (χ1n) is 3.96. The molecule has 74 valence electrons. The Morgan fingerprint density at radius 3 is 2.71 bits per heavy atom. The molecule has 1 aromatic rings. The molecule has 0 heterocycles. The van der Waals surface area contributed by atoms with E-state index < -0.39 is 6.03 Å². The number of nitrogens with two attached hydrogens (primary N) is 1. The van der Waals surface area contributed by atoms with Crippen LogP contribution in [0.5, 0.6) is 0 Å². The van der Waals surface area contributed by atoms with Crippen LogP contribution < -0.4 is 11.2 Å². The van der Waals surface area contributed by atoms with Crippen molar-refractivity contribution in [1.82, 2.24) is 5.43 Å². The largest absolute Gasteiger partial charge is 0.350 e. The van der Waals surface area contributed by atoms with Crippen molar-refractivity contribution in [3.8, 4) is 0 Å². The van der Waals surface area contributed by atoms with Gasteiger partial charge in [0.25, 0.3) is 0 Å². The Kier molecular flexibility index (Phi) is 3.17. The van der Waals surface area contributed by atoms with Gasteiger partial charge in [0.1, 0.15) is 5.82 Å². The number of rotatable bonds is 2. The second kappa shape index (κ2) is 4.36. The first-order chi connectivity index (χ1) is 6.61. The number of carbonyl (C=O) groups is 1. The van der Waals surface area contributed by atoms with E-state index in [2.05, 4.69) is 5.10 Å². The van der Waals surface area contributed by atoms with Crippen LogP contribution in [-0.2, 0) is 0 Å². The van der Waals surface area contributed by atoms with E-state index in [0.717, 1.165) is 0 Å². The zero-order chi connectivity index (χ0) is 10.6. The van der Waals surface area contributed by atoms with Crippen LogP contribution in [-0.4, -0.2) is 11.7 Å². The number of nitrogens with zero attached hydrogens (tertiary/aromatic N) is 1. The molecule has 0 atom stereocenters. The molecule has 0 aliphatic carbocycles. The van der Waals surface area contributed by atoms with Gasteiger partial charge in [0.15, 0.2) is 0 Å². The average molecular weight is 195 g/mol. The van der Waals surface area contributed by atoms with E-state index in [1.165, 1.54) is 6.07 Å². The molecule has 3 N–H and O–H groups in total. The van der Waals surface area contributed by atoms with Crippen LogP contribution in [0.1, 0.15) is 12.5 Å².